The quantitative estimate of drug-likeness (QED) is 0.668. The van der Waals surface area contributed by atoms with Gasteiger partial charge in [-0.2, -0.15) is 0 Å². The molecule has 1 aromatic heterocycles. The highest BCUT2D eigenvalue weighted by molar-refractivity contribution is 5.92. The van der Waals surface area contributed by atoms with Crippen LogP contribution in [-0.4, -0.2) is 35.6 Å². The predicted molar refractivity (Wildman–Crippen MR) is 105 cm³/mol. The molecule has 148 valence electrons. The van der Waals surface area contributed by atoms with Crippen LogP contribution in [0.15, 0.2) is 54.7 Å². The minimum Gasteiger partial charge on any atom is -0.486 e. The van der Waals surface area contributed by atoms with Crippen LogP contribution in [0, 0.1) is 5.82 Å². The van der Waals surface area contributed by atoms with E-state index < -0.39 is 0 Å². The molecular formula is C21H19FN4O3. The van der Waals surface area contributed by atoms with Crippen LogP contribution >= 0.6 is 0 Å². The van der Waals surface area contributed by atoms with Crippen LogP contribution < -0.4 is 20.1 Å². The highest BCUT2D eigenvalue weighted by atomic mass is 19.1. The van der Waals surface area contributed by atoms with Crippen LogP contribution in [0.3, 0.4) is 0 Å². The number of aromatic nitrogens is 2. The molecule has 0 spiro atoms. The van der Waals surface area contributed by atoms with Crippen LogP contribution in [0.1, 0.15) is 16.1 Å². The van der Waals surface area contributed by atoms with Crippen LogP contribution in [-0.2, 0) is 6.42 Å². The van der Waals surface area contributed by atoms with Gasteiger partial charge in [0.2, 0.25) is 5.95 Å². The second kappa shape index (κ2) is 8.55. The second-order valence-electron chi connectivity index (χ2n) is 6.35. The number of carbonyl (C=O) groups is 1. The molecule has 0 fully saturated rings. The zero-order chi connectivity index (χ0) is 20.1. The number of halogens is 1. The van der Waals surface area contributed by atoms with Gasteiger partial charge in [0, 0.05) is 24.5 Å². The van der Waals surface area contributed by atoms with E-state index in [1.165, 1.54) is 18.3 Å². The summed E-state index contributed by atoms with van der Waals surface area (Å²) in [4.78, 5) is 20.7. The molecule has 29 heavy (non-hydrogen) atoms. The van der Waals surface area contributed by atoms with E-state index in [0.29, 0.717) is 48.9 Å². The van der Waals surface area contributed by atoms with E-state index >= 15 is 0 Å². The second-order valence-corrected chi connectivity index (χ2v) is 6.35. The van der Waals surface area contributed by atoms with E-state index in [9.17, 15) is 9.18 Å². The molecule has 3 aromatic rings. The van der Waals surface area contributed by atoms with E-state index in [4.69, 9.17) is 9.47 Å². The summed E-state index contributed by atoms with van der Waals surface area (Å²) in [5.41, 5.74) is 1.48. The lowest BCUT2D eigenvalue weighted by Crippen LogP contribution is -2.27. The largest absolute Gasteiger partial charge is 0.486 e. The molecule has 2 aromatic carbocycles. The lowest BCUT2D eigenvalue weighted by atomic mass is 10.1. The molecule has 1 aliphatic rings. The third-order valence-electron chi connectivity index (χ3n) is 4.32. The summed E-state index contributed by atoms with van der Waals surface area (Å²) in [5, 5.41) is 5.80. The molecule has 8 heteroatoms. The maximum absolute atomic E-state index is 13.6. The number of nitrogens with zero attached hydrogens (tertiary/aromatic N) is 2. The Morgan fingerprint density at radius 3 is 2.76 bits per heavy atom. The molecule has 2 N–H and O–H groups in total. The Morgan fingerprint density at radius 1 is 1.07 bits per heavy atom. The van der Waals surface area contributed by atoms with Gasteiger partial charge in [0.1, 0.15) is 24.7 Å². The topological polar surface area (TPSA) is 85.4 Å². The molecule has 0 atom stereocenters. The molecule has 0 saturated carbocycles. The summed E-state index contributed by atoms with van der Waals surface area (Å²) in [6.45, 7) is 1.32. The Hall–Kier alpha value is -3.68. The Morgan fingerprint density at radius 2 is 1.90 bits per heavy atom. The lowest BCUT2D eigenvalue weighted by Gasteiger charge is -2.19. The summed E-state index contributed by atoms with van der Waals surface area (Å²) >= 11 is 0. The Labute approximate surface area is 166 Å². The van der Waals surface area contributed by atoms with Crippen molar-refractivity contribution in [2.75, 3.05) is 25.1 Å². The Bertz CT molecular complexity index is 1030. The number of carbonyl (C=O) groups excluding carboxylic acids is 1. The summed E-state index contributed by atoms with van der Waals surface area (Å²) in [6, 6.07) is 13.4. The Kier molecular flexibility index (Phi) is 5.51. The van der Waals surface area contributed by atoms with E-state index in [2.05, 4.69) is 20.6 Å². The van der Waals surface area contributed by atoms with Gasteiger partial charge in [-0.3, -0.25) is 4.79 Å². The van der Waals surface area contributed by atoms with Crippen LogP contribution in [0.25, 0.3) is 0 Å². The first kappa shape index (κ1) is 18.7. The number of nitrogens with one attached hydrogen (secondary N) is 2. The number of benzene rings is 2. The molecule has 0 bridgehead atoms. The van der Waals surface area contributed by atoms with Crippen molar-refractivity contribution in [3.05, 3.63) is 71.8 Å². The van der Waals surface area contributed by atoms with E-state index in [-0.39, 0.29) is 23.4 Å². The third-order valence-corrected chi connectivity index (χ3v) is 4.32. The number of fused-ring (bicyclic) bond motifs is 1. The summed E-state index contributed by atoms with van der Waals surface area (Å²) in [6.07, 6.45) is 1.89. The normalized spacial score (nSPS) is 12.3. The summed E-state index contributed by atoms with van der Waals surface area (Å²) in [5.74, 6) is 0.973. The average molecular weight is 394 g/mol. The van der Waals surface area contributed by atoms with Crippen molar-refractivity contribution >= 4 is 17.5 Å². The van der Waals surface area contributed by atoms with E-state index in [0.717, 1.165) is 0 Å². The zero-order valence-electron chi connectivity index (χ0n) is 15.5. The smallest absolute Gasteiger partial charge is 0.270 e. The molecule has 0 aliphatic carbocycles. The van der Waals surface area contributed by atoms with Gasteiger partial charge >= 0.3 is 0 Å². The van der Waals surface area contributed by atoms with Crippen LogP contribution in [0.2, 0.25) is 0 Å². The SMILES string of the molecule is O=C(NCCc1ccccc1F)c1ccnc(Nc2ccc3c(c2)OCCO3)n1. The molecule has 2 heterocycles. The van der Waals surface area contributed by atoms with E-state index in [1.807, 2.05) is 6.07 Å². The molecule has 0 saturated heterocycles. The fourth-order valence-corrected chi connectivity index (χ4v) is 2.90. The monoisotopic (exact) mass is 394 g/mol. The van der Waals surface area contributed by atoms with Crippen LogP contribution in [0.4, 0.5) is 16.0 Å². The summed E-state index contributed by atoms with van der Waals surface area (Å²) in [7, 11) is 0. The number of anilines is 2. The molecule has 1 aliphatic heterocycles. The molecule has 7 nitrogen and oxygen atoms in total. The van der Waals surface area contributed by atoms with Crippen molar-refractivity contribution in [1.29, 1.82) is 0 Å². The van der Waals surface area contributed by atoms with Gasteiger partial charge in [-0.25, -0.2) is 14.4 Å². The van der Waals surface area contributed by atoms with Gasteiger partial charge in [0.25, 0.3) is 5.91 Å². The van der Waals surface area contributed by atoms with Crippen molar-refractivity contribution in [3.63, 3.8) is 0 Å². The highest BCUT2D eigenvalue weighted by Gasteiger charge is 2.13. The number of amides is 1. The molecule has 0 radical (unpaired) electrons. The van der Waals surface area contributed by atoms with Crippen molar-refractivity contribution in [2.45, 2.75) is 6.42 Å². The van der Waals surface area contributed by atoms with Crippen molar-refractivity contribution in [1.82, 2.24) is 15.3 Å². The molecular weight excluding hydrogens is 375 g/mol. The number of hydrogen-bond donors (Lipinski definition) is 2. The minimum absolute atomic E-state index is 0.216. The zero-order valence-corrected chi connectivity index (χ0v) is 15.5. The first-order valence-corrected chi connectivity index (χ1v) is 9.20. The third kappa shape index (κ3) is 4.60. The van der Waals surface area contributed by atoms with Crippen molar-refractivity contribution in [3.8, 4) is 11.5 Å². The van der Waals surface area contributed by atoms with Crippen molar-refractivity contribution < 1.29 is 18.7 Å². The highest BCUT2D eigenvalue weighted by Crippen LogP contribution is 2.33. The number of ether oxygens (including phenoxy) is 2. The maximum Gasteiger partial charge on any atom is 0.270 e. The fraction of sp³-hybridized carbons (Fsp3) is 0.190. The first-order valence-electron chi connectivity index (χ1n) is 9.20. The number of hydrogen-bond acceptors (Lipinski definition) is 6. The van der Waals surface area contributed by atoms with Gasteiger partial charge in [-0.1, -0.05) is 18.2 Å². The van der Waals surface area contributed by atoms with Gasteiger partial charge in [0.15, 0.2) is 11.5 Å². The first-order chi connectivity index (χ1) is 14.2. The van der Waals surface area contributed by atoms with Gasteiger partial charge in [-0.05, 0) is 36.2 Å². The standard InChI is InChI=1S/C21H19FN4O3/c22-16-4-2-1-3-14(16)7-9-23-20(27)17-8-10-24-21(26-17)25-15-5-6-18-19(13-15)29-12-11-28-18/h1-6,8,10,13H,7,9,11-12H2,(H,23,27)(H,24,25,26). The molecule has 1 amide bonds. The fourth-order valence-electron chi connectivity index (χ4n) is 2.90. The summed E-state index contributed by atoms with van der Waals surface area (Å²) < 4.78 is 24.7. The van der Waals surface area contributed by atoms with Crippen LogP contribution in [0.5, 0.6) is 11.5 Å². The van der Waals surface area contributed by atoms with Gasteiger partial charge < -0.3 is 20.1 Å². The van der Waals surface area contributed by atoms with Gasteiger partial charge in [-0.15, -0.1) is 0 Å². The predicted octanol–water partition coefficient (Wildman–Crippen LogP) is 3.10. The van der Waals surface area contributed by atoms with E-state index in [1.54, 1.807) is 30.3 Å². The molecule has 4 rings (SSSR count). The number of rotatable bonds is 6. The Balaban J connectivity index is 1.38. The lowest BCUT2D eigenvalue weighted by molar-refractivity contribution is 0.0949. The van der Waals surface area contributed by atoms with Gasteiger partial charge in [0.05, 0.1) is 0 Å². The molecule has 0 unspecified atom stereocenters. The average Bonchev–Trinajstić information content (AvgIpc) is 2.75. The van der Waals surface area contributed by atoms with Crippen molar-refractivity contribution in [2.24, 2.45) is 0 Å². The minimum atomic E-state index is -0.353. The maximum atomic E-state index is 13.6.